The fourth-order valence-electron chi connectivity index (χ4n) is 2.54. The maximum absolute atomic E-state index is 12.3. The van der Waals surface area contributed by atoms with E-state index >= 15 is 0 Å². The average Bonchev–Trinajstić information content (AvgIpc) is 3.01. The van der Waals surface area contributed by atoms with Crippen molar-refractivity contribution in [3.05, 3.63) is 82.9 Å². The highest BCUT2D eigenvalue weighted by Crippen LogP contribution is 2.23. The summed E-state index contributed by atoms with van der Waals surface area (Å²) in [4.78, 5) is 16.5. The van der Waals surface area contributed by atoms with E-state index in [2.05, 4.69) is 9.72 Å². The molecule has 3 rings (SSSR count). The molecule has 2 aromatic carbocycles. The second kappa shape index (κ2) is 7.84. The van der Waals surface area contributed by atoms with Crippen molar-refractivity contribution in [1.82, 2.24) is 9.55 Å². The Bertz CT molecular complexity index is 937. The van der Waals surface area contributed by atoms with Crippen LogP contribution in [0.5, 0.6) is 5.75 Å². The number of benzene rings is 2. The highest BCUT2D eigenvalue weighted by molar-refractivity contribution is 6.30. The molecule has 1 heterocycles. The van der Waals surface area contributed by atoms with Gasteiger partial charge >= 0.3 is 6.36 Å². The van der Waals surface area contributed by atoms with Crippen LogP contribution in [0.25, 0.3) is 0 Å². The van der Waals surface area contributed by atoms with Gasteiger partial charge in [-0.3, -0.25) is 4.79 Å². The van der Waals surface area contributed by atoms with Crippen LogP contribution >= 0.6 is 11.6 Å². The molecule has 0 fully saturated rings. The topological polar surface area (TPSA) is 44.1 Å². The summed E-state index contributed by atoms with van der Waals surface area (Å²) in [5.41, 5.74) is 1.85. The molecule has 0 aliphatic carbocycles. The standard InChI is InChI=1S/C19H14ClF3N2O2/c20-15-3-1-2-13(8-15)10-25-11-16(24-12-25)9-18(26)14-4-6-17(7-5-14)27-19(21,22)23/h1-8,11-12H,9-10H2. The van der Waals surface area contributed by atoms with E-state index in [1.807, 2.05) is 22.8 Å². The Morgan fingerprint density at radius 3 is 2.56 bits per heavy atom. The molecule has 3 aromatic rings. The molecule has 140 valence electrons. The van der Waals surface area contributed by atoms with E-state index in [1.54, 1.807) is 18.6 Å². The maximum Gasteiger partial charge on any atom is 0.573 e. The fraction of sp³-hybridized carbons (Fsp3) is 0.158. The van der Waals surface area contributed by atoms with Crippen LogP contribution in [0.2, 0.25) is 5.02 Å². The van der Waals surface area contributed by atoms with Gasteiger partial charge in [0.25, 0.3) is 0 Å². The molecule has 0 saturated heterocycles. The zero-order valence-electron chi connectivity index (χ0n) is 13.9. The molecule has 0 radical (unpaired) electrons. The predicted molar refractivity (Wildman–Crippen MR) is 93.9 cm³/mol. The van der Waals surface area contributed by atoms with Crippen LogP contribution < -0.4 is 4.74 Å². The van der Waals surface area contributed by atoms with Crippen LogP contribution in [0, 0.1) is 0 Å². The van der Waals surface area contributed by atoms with E-state index < -0.39 is 6.36 Å². The second-order valence-corrected chi connectivity index (χ2v) is 6.28. The third-order valence-electron chi connectivity index (χ3n) is 3.69. The van der Waals surface area contributed by atoms with Gasteiger partial charge in [-0.05, 0) is 42.0 Å². The number of aromatic nitrogens is 2. The first-order chi connectivity index (χ1) is 12.8. The number of imidazole rings is 1. The van der Waals surface area contributed by atoms with Gasteiger partial charge < -0.3 is 9.30 Å². The van der Waals surface area contributed by atoms with Gasteiger partial charge in [0.1, 0.15) is 5.75 Å². The third kappa shape index (κ3) is 5.59. The molecule has 0 amide bonds. The average molecular weight is 395 g/mol. The third-order valence-corrected chi connectivity index (χ3v) is 3.93. The van der Waals surface area contributed by atoms with Gasteiger partial charge in [-0.15, -0.1) is 13.2 Å². The Balaban J connectivity index is 1.62. The normalized spacial score (nSPS) is 11.4. The van der Waals surface area contributed by atoms with Crippen LogP contribution in [0.15, 0.2) is 61.1 Å². The Labute approximate surface area is 158 Å². The zero-order valence-corrected chi connectivity index (χ0v) is 14.7. The molecular formula is C19H14ClF3N2O2. The Hall–Kier alpha value is -2.80. The quantitative estimate of drug-likeness (QED) is 0.558. The van der Waals surface area contributed by atoms with E-state index in [4.69, 9.17) is 11.6 Å². The number of nitrogens with zero attached hydrogens (tertiary/aromatic N) is 2. The molecule has 0 aliphatic heterocycles. The maximum atomic E-state index is 12.3. The van der Waals surface area contributed by atoms with Crippen molar-refractivity contribution in [2.75, 3.05) is 0 Å². The van der Waals surface area contributed by atoms with E-state index in [1.165, 1.54) is 12.1 Å². The van der Waals surface area contributed by atoms with Crippen LogP contribution in [-0.2, 0) is 13.0 Å². The van der Waals surface area contributed by atoms with Crippen molar-refractivity contribution in [2.45, 2.75) is 19.3 Å². The van der Waals surface area contributed by atoms with Crippen LogP contribution in [0.1, 0.15) is 21.6 Å². The number of hydrogen-bond acceptors (Lipinski definition) is 3. The number of carbonyl (C=O) groups is 1. The monoisotopic (exact) mass is 394 g/mol. The number of ether oxygens (including phenoxy) is 1. The van der Waals surface area contributed by atoms with Crippen LogP contribution in [-0.4, -0.2) is 21.7 Å². The minimum atomic E-state index is -4.76. The van der Waals surface area contributed by atoms with Crippen molar-refractivity contribution in [1.29, 1.82) is 0 Å². The molecule has 4 nitrogen and oxygen atoms in total. The minimum absolute atomic E-state index is 0.0437. The smallest absolute Gasteiger partial charge is 0.406 e. The molecule has 0 aliphatic rings. The van der Waals surface area contributed by atoms with Crippen molar-refractivity contribution in [3.8, 4) is 5.75 Å². The summed E-state index contributed by atoms with van der Waals surface area (Å²) in [6, 6.07) is 12.2. The van der Waals surface area contributed by atoms with Gasteiger partial charge in [0.15, 0.2) is 5.78 Å². The molecule has 27 heavy (non-hydrogen) atoms. The van der Waals surface area contributed by atoms with Gasteiger partial charge in [-0.25, -0.2) is 4.98 Å². The summed E-state index contributed by atoms with van der Waals surface area (Å²) < 4.78 is 42.1. The number of halogens is 4. The minimum Gasteiger partial charge on any atom is -0.406 e. The van der Waals surface area contributed by atoms with Gasteiger partial charge in [0, 0.05) is 23.3 Å². The number of alkyl halides is 3. The first-order valence-electron chi connectivity index (χ1n) is 7.92. The van der Waals surface area contributed by atoms with Crippen molar-refractivity contribution >= 4 is 17.4 Å². The zero-order chi connectivity index (χ0) is 19.4. The number of rotatable bonds is 6. The summed E-state index contributed by atoms with van der Waals surface area (Å²) in [6.45, 7) is 0.561. The van der Waals surface area contributed by atoms with E-state index in [0.29, 0.717) is 17.3 Å². The van der Waals surface area contributed by atoms with E-state index in [9.17, 15) is 18.0 Å². The molecule has 0 unspecified atom stereocenters. The van der Waals surface area contributed by atoms with E-state index in [0.717, 1.165) is 17.7 Å². The van der Waals surface area contributed by atoms with E-state index in [-0.39, 0.29) is 23.5 Å². The lowest BCUT2D eigenvalue weighted by molar-refractivity contribution is -0.274. The molecule has 8 heteroatoms. The summed E-state index contributed by atoms with van der Waals surface area (Å²) in [7, 11) is 0. The number of Topliss-reactive ketones (excluding diaryl/α,β-unsaturated/α-hetero) is 1. The Morgan fingerprint density at radius 2 is 1.89 bits per heavy atom. The summed E-state index contributed by atoms with van der Waals surface area (Å²) >= 11 is 5.96. The summed E-state index contributed by atoms with van der Waals surface area (Å²) in [5.74, 6) is -0.619. The van der Waals surface area contributed by atoms with Crippen LogP contribution in [0.4, 0.5) is 13.2 Å². The lowest BCUT2D eigenvalue weighted by Gasteiger charge is -2.08. The van der Waals surface area contributed by atoms with Gasteiger partial charge in [-0.2, -0.15) is 0 Å². The van der Waals surface area contributed by atoms with Crippen molar-refractivity contribution < 1.29 is 22.7 Å². The first kappa shape index (κ1) is 19.0. The van der Waals surface area contributed by atoms with Crippen LogP contribution in [0.3, 0.4) is 0 Å². The highest BCUT2D eigenvalue weighted by Gasteiger charge is 2.31. The van der Waals surface area contributed by atoms with Gasteiger partial charge in [0.2, 0.25) is 0 Å². The molecule has 0 bridgehead atoms. The van der Waals surface area contributed by atoms with Gasteiger partial charge in [-0.1, -0.05) is 23.7 Å². The van der Waals surface area contributed by atoms with Gasteiger partial charge in [0.05, 0.1) is 18.4 Å². The highest BCUT2D eigenvalue weighted by atomic mass is 35.5. The second-order valence-electron chi connectivity index (χ2n) is 5.84. The lowest BCUT2D eigenvalue weighted by Crippen LogP contribution is -2.17. The SMILES string of the molecule is O=C(Cc1cn(Cc2cccc(Cl)c2)cn1)c1ccc(OC(F)(F)F)cc1. The number of ketones is 1. The largest absolute Gasteiger partial charge is 0.573 e. The predicted octanol–water partition coefficient (Wildman–Crippen LogP) is 4.91. The van der Waals surface area contributed by atoms with Crippen molar-refractivity contribution in [2.24, 2.45) is 0 Å². The Kier molecular flexibility index (Phi) is 5.51. The number of hydrogen-bond donors (Lipinski definition) is 0. The molecule has 0 N–H and O–H groups in total. The summed E-state index contributed by atoms with van der Waals surface area (Å²) in [5, 5.41) is 0.640. The molecule has 0 spiro atoms. The summed E-state index contributed by atoms with van der Waals surface area (Å²) in [6.07, 6.45) is -1.35. The molecule has 1 aromatic heterocycles. The molecule has 0 saturated carbocycles. The Morgan fingerprint density at radius 1 is 1.15 bits per heavy atom. The molecule has 0 atom stereocenters. The lowest BCUT2D eigenvalue weighted by atomic mass is 10.1. The fourth-order valence-corrected chi connectivity index (χ4v) is 2.75. The number of carbonyl (C=O) groups excluding carboxylic acids is 1. The van der Waals surface area contributed by atoms with Crippen molar-refractivity contribution in [3.63, 3.8) is 0 Å². The molecular weight excluding hydrogens is 381 g/mol. The first-order valence-corrected chi connectivity index (χ1v) is 8.30.